The maximum absolute atomic E-state index is 4.31. The number of hydrogen-bond donors (Lipinski definition) is 0. The van der Waals surface area contributed by atoms with Crippen molar-refractivity contribution in [2.45, 2.75) is 52.9 Å². The van der Waals surface area contributed by atoms with E-state index < -0.39 is 0 Å². The molecule has 0 spiro atoms. The van der Waals surface area contributed by atoms with Gasteiger partial charge in [-0.2, -0.15) is 0 Å². The van der Waals surface area contributed by atoms with Crippen LogP contribution in [0, 0.1) is 0 Å². The summed E-state index contributed by atoms with van der Waals surface area (Å²) in [4.78, 5) is 0. The van der Waals surface area contributed by atoms with Crippen LogP contribution in [0.25, 0.3) is 17.1 Å². The van der Waals surface area contributed by atoms with Crippen molar-refractivity contribution in [3.63, 3.8) is 0 Å². The largest absolute Gasteiger partial charge is 0.220 e. The molecule has 150 valence electrons. The summed E-state index contributed by atoms with van der Waals surface area (Å²) in [5, 5.41) is 25.7. The highest BCUT2D eigenvalue weighted by Gasteiger charge is 2.13. The van der Waals surface area contributed by atoms with E-state index in [4.69, 9.17) is 0 Å². The van der Waals surface area contributed by atoms with E-state index in [1.165, 1.54) is 0 Å². The Labute approximate surface area is 169 Å². The quantitative estimate of drug-likeness (QED) is 0.501. The average molecular weight is 391 g/mol. The molecular formula is C20H25N9. The van der Waals surface area contributed by atoms with Crippen LogP contribution in [0.1, 0.15) is 63.5 Å². The Balaban J connectivity index is 1.84. The van der Waals surface area contributed by atoms with E-state index >= 15 is 0 Å². The summed E-state index contributed by atoms with van der Waals surface area (Å²) in [6, 6.07) is 6.03. The van der Waals surface area contributed by atoms with Gasteiger partial charge in [0.25, 0.3) is 0 Å². The van der Waals surface area contributed by atoms with Crippen LogP contribution < -0.4 is 0 Å². The molecule has 0 saturated heterocycles. The molecule has 0 aliphatic rings. The van der Waals surface area contributed by atoms with Crippen LogP contribution >= 0.6 is 0 Å². The molecule has 1 aromatic carbocycles. The molecule has 0 unspecified atom stereocenters. The van der Waals surface area contributed by atoms with E-state index in [1.807, 2.05) is 36.8 Å². The van der Waals surface area contributed by atoms with Gasteiger partial charge >= 0.3 is 0 Å². The monoisotopic (exact) mass is 391 g/mol. The van der Waals surface area contributed by atoms with E-state index in [-0.39, 0.29) is 0 Å². The maximum atomic E-state index is 4.31. The first-order chi connectivity index (χ1) is 13.9. The van der Waals surface area contributed by atoms with Crippen molar-refractivity contribution in [3.8, 4) is 17.1 Å². The van der Waals surface area contributed by atoms with E-state index in [2.05, 4.69) is 65.6 Å². The molecule has 3 aromatic heterocycles. The summed E-state index contributed by atoms with van der Waals surface area (Å²) in [5.74, 6) is 0.607. The highest BCUT2D eigenvalue weighted by atomic mass is 15.4. The standard InChI is InChI=1S/C20H25N9/c1-6-15-10-27(24-21-15)16-7-17(28-11-19(13(2)3)22-25-28)9-18(8-16)29-12-20(14(4)5)23-26-29/h7-14H,6H2,1-5H3. The van der Waals surface area contributed by atoms with Gasteiger partial charge in [0.15, 0.2) is 0 Å². The molecule has 0 radical (unpaired) electrons. The minimum atomic E-state index is 0.303. The third-order valence-corrected chi connectivity index (χ3v) is 4.79. The van der Waals surface area contributed by atoms with Crippen molar-refractivity contribution >= 4 is 0 Å². The number of nitrogens with zero attached hydrogens (tertiary/aromatic N) is 9. The first kappa shape index (κ1) is 19.0. The van der Waals surface area contributed by atoms with Crippen molar-refractivity contribution in [2.24, 2.45) is 0 Å². The fourth-order valence-corrected chi connectivity index (χ4v) is 2.90. The highest BCUT2D eigenvalue weighted by Crippen LogP contribution is 2.22. The molecule has 0 saturated carbocycles. The third kappa shape index (κ3) is 3.80. The first-order valence-electron chi connectivity index (χ1n) is 9.86. The second-order valence-corrected chi connectivity index (χ2v) is 7.70. The first-order valence-corrected chi connectivity index (χ1v) is 9.86. The number of benzene rings is 1. The van der Waals surface area contributed by atoms with Crippen molar-refractivity contribution in [2.75, 3.05) is 0 Å². The molecule has 4 aromatic rings. The van der Waals surface area contributed by atoms with Crippen LogP contribution in [0.2, 0.25) is 0 Å². The van der Waals surface area contributed by atoms with E-state index in [0.29, 0.717) is 11.8 Å². The molecule has 4 rings (SSSR count). The Bertz CT molecular complexity index is 1050. The van der Waals surface area contributed by atoms with E-state index in [0.717, 1.165) is 40.6 Å². The average Bonchev–Trinajstić information content (AvgIpc) is 3.48. The Hall–Kier alpha value is -3.36. The van der Waals surface area contributed by atoms with Crippen LogP contribution in [0.3, 0.4) is 0 Å². The summed E-state index contributed by atoms with van der Waals surface area (Å²) in [5.41, 5.74) is 5.41. The van der Waals surface area contributed by atoms with Gasteiger partial charge in [-0.25, -0.2) is 14.0 Å². The lowest BCUT2D eigenvalue weighted by atomic mass is 10.1. The van der Waals surface area contributed by atoms with Gasteiger partial charge in [0.2, 0.25) is 0 Å². The summed E-state index contributed by atoms with van der Waals surface area (Å²) < 4.78 is 5.33. The van der Waals surface area contributed by atoms with Crippen molar-refractivity contribution < 1.29 is 0 Å². The summed E-state index contributed by atoms with van der Waals surface area (Å²) in [6.07, 6.45) is 6.67. The lowest BCUT2D eigenvalue weighted by molar-refractivity contribution is 0.758. The van der Waals surface area contributed by atoms with Gasteiger partial charge in [0, 0.05) is 0 Å². The Morgan fingerprint density at radius 2 is 1.07 bits per heavy atom. The molecular weight excluding hydrogens is 366 g/mol. The van der Waals surface area contributed by atoms with Gasteiger partial charge < -0.3 is 0 Å². The zero-order valence-corrected chi connectivity index (χ0v) is 17.4. The van der Waals surface area contributed by atoms with Crippen LogP contribution in [-0.4, -0.2) is 45.0 Å². The fourth-order valence-electron chi connectivity index (χ4n) is 2.90. The molecule has 0 aliphatic carbocycles. The molecule has 0 atom stereocenters. The molecule has 29 heavy (non-hydrogen) atoms. The molecule has 0 aliphatic heterocycles. The highest BCUT2D eigenvalue weighted by molar-refractivity contribution is 5.52. The van der Waals surface area contributed by atoms with E-state index in [1.54, 1.807) is 14.0 Å². The van der Waals surface area contributed by atoms with Crippen LogP contribution in [-0.2, 0) is 6.42 Å². The van der Waals surface area contributed by atoms with Crippen LogP contribution in [0.4, 0.5) is 0 Å². The van der Waals surface area contributed by atoms with Crippen molar-refractivity contribution in [1.29, 1.82) is 0 Å². The second-order valence-electron chi connectivity index (χ2n) is 7.70. The normalized spacial score (nSPS) is 11.7. The Morgan fingerprint density at radius 3 is 1.41 bits per heavy atom. The maximum Gasteiger partial charge on any atom is 0.0857 e. The van der Waals surface area contributed by atoms with Gasteiger partial charge in [0.1, 0.15) is 0 Å². The van der Waals surface area contributed by atoms with Gasteiger partial charge in [-0.3, -0.25) is 0 Å². The third-order valence-electron chi connectivity index (χ3n) is 4.79. The zero-order chi connectivity index (χ0) is 20.5. The van der Waals surface area contributed by atoms with Crippen molar-refractivity contribution in [3.05, 3.63) is 53.9 Å². The van der Waals surface area contributed by atoms with Crippen LogP contribution in [0.15, 0.2) is 36.8 Å². The van der Waals surface area contributed by atoms with Gasteiger partial charge in [-0.05, 0) is 36.5 Å². The smallest absolute Gasteiger partial charge is 0.0857 e. The minimum absolute atomic E-state index is 0.303. The zero-order valence-electron chi connectivity index (χ0n) is 17.4. The number of aromatic nitrogens is 9. The topological polar surface area (TPSA) is 92.1 Å². The molecule has 0 N–H and O–H groups in total. The van der Waals surface area contributed by atoms with Gasteiger partial charge in [-0.1, -0.05) is 50.3 Å². The molecule has 0 bridgehead atoms. The molecule has 0 amide bonds. The lowest BCUT2D eigenvalue weighted by Gasteiger charge is -2.09. The van der Waals surface area contributed by atoms with Crippen molar-refractivity contribution in [1.82, 2.24) is 45.0 Å². The summed E-state index contributed by atoms with van der Waals surface area (Å²) >= 11 is 0. The lowest BCUT2D eigenvalue weighted by Crippen LogP contribution is -2.04. The Morgan fingerprint density at radius 1 is 0.655 bits per heavy atom. The van der Waals surface area contributed by atoms with Crippen LogP contribution in [0.5, 0.6) is 0 Å². The molecule has 9 heteroatoms. The molecule has 0 fully saturated rings. The minimum Gasteiger partial charge on any atom is -0.220 e. The predicted molar refractivity (Wildman–Crippen MR) is 109 cm³/mol. The van der Waals surface area contributed by atoms with Gasteiger partial charge in [0.05, 0.1) is 52.7 Å². The van der Waals surface area contributed by atoms with E-state index in [9.17, 15) is 0 Å². The SMILES string of the molecule is CCc1cn(-c2cc(-n3cc(C(C)C)nn3)cc(-n3cc(C(C)C)nn3)c2)nn1. The summed E-state index contributed by atoms with van der Waals surface area (Å²) in [7, 11) is 0. The number of hydrogen-bond acceptors (Lipinski definition) is 6. The predicted octanol–water partition coefficient (Wildman–Crippen LogP) is 3.24. The second kappa shape index (κ2) is 7.57. The summed E-state index contributed by atoms with van der Waals surface area (Å²) in [6.45, 7) is 10.4. The number of aryl methyl sites for hydroxylation is 1. The Kier molecular flexibility index (Phi) is 4.96. The fraction of sp³-hybridized carbons (Fsp3) is 0.400. The van der Waals surface area contributed by atoms with Gasteiger partial charge in [-0.15, -0.1) is 15.3 Å². The number of rotatable bonds is 6. The molecule has 9 nitrogen and oxygen atoms in total. The molecule has 3 heterocycles.